The van der Waals surface area contributed by atoms with Gasteiger partial charge in [-0.15, -0.1) is 0 Å². The SMILES string of the molecule is CCOC(=O)[C@@]1(Cc2cc(-c3ccc(C)cc3)no2)CCCNC1. The van der Waals surface area contributed by atoms with Gasteiger partial charge >= 0.3 is 5.97 Å². The minimum absolute atomic E-state index is 0.148. The van der Waals surface area contributed by atoms with E-state index in [1.165, 1.54) is 5.56 Å². The summed E-state index contributed by atoms with van der Waals surface area (Å²) in [5.41, 5.74) is 2.46. The molecule has 0 saturated carbocycles. The number of rotatable bonds is 5. The third kappa shape index (κ3) is 3.51. The van der Waals surface area contributed by atoms with Gasteiger partial charge in [-0.1, -0.05) is 35.0 Å². The fourth-order valence-corrected chi connectivity index (χ4v) is 3.24. The number of carbonyl (C=O) groups is 1. The van der Waals surface area contributed by atoms with Crippen molar-refractivity contribution in [3.05, 3.63) is 41.7 Å². The number of aryl methyl sites for hydroxylation is 1. The summed E-state index contributed by atoms with van der Waals surface area (Å²) in [6.45, 7) is 5.84. The highest BCUT2D eigenvalue weighted by Crippen LogP contribution is 2.33. The van der Waals surface area contributed by atoms with Gasteiger partial charge in [0.25, 0.3) is 0 Å². The van der Waals surface area contributed by atoms with Crippen LogP contribution in [0.4, 0.5) is 0 Å². The second-order valence-electron chi connectivity index (χ2n) is 6.50. The van der Waals surface area contributed by atoms with Crippen LogP contribution >= 0.6 is 0 Å². The lowest BCUT2D eigenvalue weighted by molar-refractivity contribution is -0.156. The third-order valence-electron chi connectivity index (χ3n) is 4.60. The zero-order chi connectivity index (χ0) is 17.0. The number of piperidine rings is 1. The van der Waals surface area contributed by atoms with Gasteiger partial charge in [-0.2, -0.15) is 0 Å². The van der Waals surface area contributed by atoms with Gasteiger partial charge in [-0.3, -0.25) is 4.79 Å². The maximum atomic E-state index is 12.5. The van der Waals surface area contributed by atoms with E-state index in [-0.39, 0.29) is 5.97 Å². The van der Waals surface area contributed by atoms with Gasteiger partial charge in [0.05, 0.1) is 12.0 Å². The van der Waals surface area contributed by atoms with Crippen molar-refractivity contribution in [2.24, 2.45) is 5.41 Å². The molecule has 2 aromatic rings. The van der Waals surface area contributed by atoms with Gasteiger partial charge in [-0.25, -0.2) is 0 Å². The van der Waals surface area contributed by atoms with Crippen molar-refractivity contribution in [2.45, 2.75) is 33.1 Å². The van der Waals surface area contributed by atoms with Gasteiger partial charge in [-0.05, 0) is 33.2 Å². The molecular weight excluding hydrogens is 304 g/mol. The monoisotopic (exact) mass is 328 g/mol. The van der Waals surface area contributed by atoms with Crippen molar-refractivity contribution in [3.63, 3.8) is 0 Å². The maximum absolute atomic E-state index is 12.5. The Labute approximate surface area is 142 Å². The predicted octanol–water partition coefficient (Wildman–Crippen LogP) is 3.13. The standard InChI is InChI=1S/C19H24N2O3/c1-3-23-18(22)19(9-4-10-20-13-19)12-16-11-17(21-24-16)15-7-5-14(2)6-8-15/h5-8,11,20H,3-4,9-10,12-13H2,1-2H3/t19-/m1/s1. The molecule has 1 aromatic carbocycles. The molecule has 1 aliphatic heterocycles. The van der Waals surface area contributed by atoms with E-state index in [0.717, 1.165) is 36.4 Å². The summed E-state index contributed by atoms with van der Waals surface area (Å²) in [7, 11) is 0. The van der Waals surface area contributed by atoms with Gasteiger partial charge in [0, 0.05) is 24.6 Å². The minimum Gasteiger partial charge on any atom is -0.466 e. The second-order valence-corrected chi connectivity index (χ2v) is 6.50. The molecule has 0 spiro atoms. The molecule has 0 unspecified atom stereocenters. The molecule has 0 aliphatic carbocycles. The second kappa shape index (κ2) is 7.18. The number of carbonyl (C=O) groups excluding carboxylic acids is 1. The Morgan fingerprint density at radius 3 is 2.83 bits per heavy atom. The lowest BCUT2D eigenvalue weighted by Gasteiger charge is -2.34. The summed E-state index contributed by atoms with van der Waals surface area (Å²) in [5.74, 6) is 0.577. The number of nitrogens with zero attached hydrogens (tertiary/aromatic N) is 1. The van der Waals surface area contributed by atoms with E-state index in [1.807, 2.05) is 25.1 Å². The summed E-state index contributed by atoms with van der Waals surface area (Å²) >= 11 is 0. The summed E-state index contributed by atoms with van der Waals surface area (Å²) in [6.07, 6.45) is 2.27. The Morgan fingerprint density at radius 2 is 2.17 bits per heavy atom. The molecule has 0 bridgehead atoms. The van der Waals surface area contributed by atoms with E-state index in [4.69, 9.17) is 9.26 Å². The summed E-state index contributed by atoms with van der Waals surface area (Å²) in [4.78, 5) is 12.5. The number of hydrogen-bond acceptors (Lipinski definition) is 5. The molecule has 1 fully saturated rings. The first-order valence-corrected chi connectivity index (χ1v) is 8.53. The van der Waals surface area contributed by atoms with Crippen molar-refractivity contribution in [1.29, 1.82) is 0 Å². The van der Waals surface area contributed by atoms with Gasteiger partial charge < -0.3 is 14.6 Å². The topological polar surface area (TPSA) is 64.4 Å². The van der Waals surface area contributed by atoms with E-state index in [2.05, 4.69) is 29.5 Å². The fourth-order valence-electron chi connectivity index (χ4n) is 3.24. The van der Waals surface area contributed by atoms with Crippen molar-refractivity contribution in [3.8, 4) is 11.3 Å². The van der Waals surface area contributed by atoms with Crippen LogP contribution in [-0.2, 0) is 16.0 Å². The van der Waals surface area contributed by atoms with Gasteiger partial charge in [0.2, 0.25) is 0 Å². The number of hydrogen-bond donors (Lipinski definition) is 1. The first-order chi connectivity index (χ1) is 11.6. The molecule has 5 nitrogen and oxygen atoms in total. The van der Waals surface area contributed by atoms with Crippen molar-refractivity contribution >= 4 is 5.97 Å². The number of aromatic nitrogens is 1. The van der Waals surface area contributed by atoms with Gasteiger partial charge in [0.15, 0.2) is 0 Å². The number of benzene rings is 1. The van der Waals surface area contributed by atoms with Crippen LogP contribution in [0.5, 0.6) is 0 Å². The normalized spacial score (nSPS) is 20.8. The first-order valence-electron chi connectivity index (χ1n) is 8.53. The molecule has 1 N–H and O–H groups in total. The first kappa shape index (κ1) is 16.7. The molecule has 24 heavy (non-hydrogen) atoms. The molecule has 0 radical (unpaired) electrons. The number of esters is 1. The average molecular weight is 328 g/mol. The number of nitrogens with one attached hydrogen (secondary N) is 1. The molecular formula is C19H24N2O3. The molecule has 2 heterocycles. The minimum atomic E-state index is -0.557. The van der Waals surface area contributed by atoms with E-state index in [9.17, 15) is 4.79 Å². The molecule has 1 aromatic heterocycles. The number of ether oxygens (including phenoxy) is 1. The fraction of sp³-hybridized carbons (Fsp3) is 0.474. The van der Waals surface area contributed by atoms with Crippen LogP contribution in [0.2, 0.25) is 0 Å². The van der Waals surface area contributed by atoms with Crippen LogP contribution in [0.1, 0.15) is 31.1 Å². The molecule has 5 heteroatoms. The molecule has 128 valence electrons. The predicted molar refractivity (Wildman–Crippen MR) is 91.5 cm³/mol. The Balaban J connectivity index is 1.80. The summed E-state index contributed by atoms with van der Waals surface area (Å²) in [6, 6.07) is 10.1. The van der Waals surface area contributed by atoms with E-state index < -0.39 is 5.41 Å². The molecule has 3 rings (SSSR count). The van der Waals surface area contributed by atoms with E-state index >= 15 is 0 Å². The lowest BCUT2D eigenvalue weighted by atomic mass is 9.77. The Morgan fingerprint density at radius 1 is 1.38 bits per heavy atom. The molecule has 1 aliphatic rings. The zero-order valence-corrected chi connectivity index (χ0v) is 14.3. The Bertz CT molecular complexity index is 685. The molecule has 1 atom stereocenters. The van der Waals surface area contributed by atoms with Crippen LogP contribution in [0.3, 0.4) is 0 Å². The molecule has 1 saturated heterocycles. The smallest absolute Gasteiger partial charge is 0.313 e. The average Bonchev–Trinajstić information content (AvgIpc) is 3.05. The van der Waals surface area contributed by atoms with Crippen LogP contribution in [0, 0.1) is 12.3 Å². The Hall–Kier alpha value is -2.14. The van der Waals surface area contributed by atoms with Crippen LogP contribution in [-0.4, -0.2) is 30.8 Å². The van der Waals surface area contributed by atoms with E-state index in [0.29, 0.717) is 19.6 Å². The Kier molecular flexibility index (Phi) is 5.00. The quantitative estimate of drug-likeness (QED) is 0.854. The molecule has 0 amide bonds. The zero-order valence-electron chi connectivity index (χ0n) is 14.3. The highest BCUT2D eigenvalue weighted by Gasteiger charge is 2.42. The largest absolute Gasteiger partial charge is 0.466 e. The lowest BCUT2D eigenvalue weighted by Crippen LogP contribution is -2.47. The van der Waals surface area contributed by atoms with Crippen molar-refractivity contribution in [1.82, 2.24) is 10.5 Å². The maximum Gasteiger partial charge on any atom is 0.313 e. The van der Waals surface area contributed by atoms with Crippen LogP contribution in [0.15, 0.2) is 34.9 Å². The van der Waals surface area contributed by atoms with E-state index in [1.54, 1.807) is 0 Å². The van der Waals surface area contributed by atoms with Crippen LogP contribution in [0.25, 0.3) is 11.3 Å². The van der Waals surface area contributed by atoms with Crippen molar-refractivity contribution in [2.75, 3.05) is 19.7 Å². The summed E-state index contributed by atoms with van der Waals surface area (Å²) in [5, 5.41) is 7.49. The van der Waals surface area contributed by atoms with Gasteiger partial charge in [0.1, 0.15) is 11.5 Å². The third-order valence-corrected chi connectivity index (χ3v) is 4.60. The van der Waals surface area contributed by atoms with Crippen LogP contribution < -0.4 is 5.32 Å². The highest BCUT2D eigenvalue weighted by molar-refractivity contribution is 5.77. The highest BCUT2D eigenvalue weighted by atomic mass is 16.5. The summed E-state index contributed by atoms with van der Waals surface area (Å²) < 4.78 is 10.8. The van der Waals surface area contributed by atoms with Crippen molar-refractivity contribution < 1.29 is 14.1 Å².